The quantitative estimate of drug-likeness (QED) is 0.505. The standard InChI is InChI=1S/C22H27N5O2S2/c1-4-5-8-27-21(29)17(31-22(27)30)14-16-19(25-12-10-24(3)11-13-25)23-18-15(2)7-6-9-26(18)20(16)28/h6-7,9,14H,4-5,8,10-13H2,1-3H3/b17-14-. The van der Waals surface area contributed by atoms with Crippen molar-refractivity contribution >= 4 is 51.7 Å². The van der Waals surface area contributed by atoms with Crippen molar-refractivity contribution in [3.8, 4) is 0 Å². The third kappa shape index (κ3) is 4.26. The Bertz CT molecular complexity index is 1120. The van der Waals surface area contributed by atoms with E-state index in [0.29, 0.717) is 32.8 Å². The molecule has 0 aliphatic carbocycles. The van der Waals surface area contributed by atoms with E-state index in [1.165, 1.54) is 11.8 Å². The number of thiocarbonyl (C=S) groups is 1. The van der Waals surface area contributed by atoms with Crippen molar-refractivity contribution < 1.29 is 4.79 Å². The largest absolute Gasteiger partial charge is 0.353 e. The summed E-state index contributed by atoms with van der Waals surface area (Å²) in [5.41, 5.74) is 1.87. The first-order valence-electron chi connectivity index (χ1n) is 10.6. The van der Waals surface area contributed by atoms with Crippen LogP contribution in [0.5, 0.6) is 0 Å². The number of hydrogen-bond acceptors (Lipinski definition) is 7. The van der Waals surface area contributed by atoms with Gasteiger partial charge >= 0.3 is 0 Å². The number of nitrogens with zero attached hydrogens (tertiary/aromatic N) is 5. The molecule has 31 heavy (non-hydrogen) atoms. The van der Waals surface area contributed by atoms with Crippen molar-refractivity contribution in [3.63, 3.8) is 0 Å². The van der Waals surface area contributed by atoms with Crippen LogP contribution >= 0.6 is 24.0 Å². The fraction of sp³-hybridized carbons (Fsp3) is 0.455. The molecule has 2 aromatic rings. The minimum atomic E-state index is -0.165. The normalized spacial score (nSPS) is 19.3. The van der Waals surface area contributed by atoms with Crippen molar-refractivity contribution in [3.05, 3.63) is 44.7 Å². The molecule has 7 nitrogen and oxygen atoms in total. The van der Waals surface area contributed by atoms with Crippen molar-refractivity contribution in [2.75, 3.05) is 44.7 Å². The summed E-state index contributed by atoms with van der Waals surface area (Å²) in [7, 11) is 2.09. The molecule has 1 amide bonds. The van der Waals surface area contributed by atoms with Gasteiger partial charge in [0.2, 0.25) is 0 Å². The Morgan fingerprint density at radius 1 is 1.23 bits per heavy atom. The second-order valence-electron chi connectivity index (χ2n) is 8.02. The molecule has 0 spiro atoms. The molecule has 0 aromatic carbocycles. The fourth-order valence-corrected chi connectivity index (χ4v) is 5.12. The molecular formula is C22H27N5O2S2. The lowest BCUT2D eigenvalue weighted by Gasteiger charge is -2.34. The summed E-state index contributed by atoms with van der Waals surface area (Å²) in [5, 5.41) is 0. The molecule has 9 heteroatoms. The van der Waals surface area contributed by atoms with Gasteiger partial charge in [0.05, 0.1) is 10.5 Å². The number of hydrogen-bond donors (Lipinski definition) is 0. The van der Waals surface area contributed by atoms with Gasteiger partial charge in [-0.3, -0.25) is 18.9 Å². The summed E-state index contributed by atoms with van der Waals surface area (Å²) in [6, 6.07) is 3.79. The minimum Gasteiger partial charge on any atom is -0.353 e. The Morgan fingerprint density at radius 2 is 1.97 bits per heavy atom. The van der Waals surface area contributed by atoms with E-state index < -0.39 is 0 Å². The molecule has 164 valence electrons. The highest BCUT2D eigenvalue weighted by Crippen LogP contribution is 2.33. The number of thioether (sulfide) groups is 1. The van der Waals surface area contributed by atoms with Crippen LogP contribution in [0.1, 0.15) is 30.9 Å². The van der Waals surface area contributed by atoms with E-state index in [-0.39, 0.29) is 11.5 Å². The van der Waals surface area contributed by atoms with Crippen LogP contribution in [0.4, 0.5) is 5.82 Å². The Morgan fingerprint density at radius 3 is 2.68 bits per heavy atom. The molecule has 0 N–H and O–H groups in total. The van der Waals surface area contributed by atoms with Crippen molar-refractivity contribution in [2.45, 2.75) is 26.7 Å². The molecule has 0 radical (unpaired) electrons. The molecule has 2 aliphatic heterocycles. The second kappa shape index (κ2) is 9.10. The van der Waals surface area contributed by atoms with Crippen molar-refractivity contribution in [1.29, 1.82) is 0 Å². The van der Waals surface area contributed by atoms with Gasteiger partial charge in [-0.2, -0.15) is 0 Å². The molecule has 2 aliphatic rings. The molecule has 4 heterocycles. The number of unbranched alkanes of at least 4 members (excludes halogenated alkanes) is 1. The zero-order chi connectivity index (χ0) is 22.1. The highest BCUT2D eigenvalue weighted by atomic mass is 32.2. The van der Waals surface area contributed by atoms with E-state index in [1.807, 2.05) is 19.1 Å². The molecule has 0 saturated carbocycles. The van der Waals surface area contributed by atoms with E-state index in [0.717, 1.165) is 44.6 Å². The van der Waals surface area contributed by atoms with Gasteiger partial charge in [0.15, 0.2) is 0 Å². The van der Waals surface area contributed by atoms with Gasteiger partial charge in [0.25, 0.3) is 11.5 Å². The predicted octanol–water partition coefficient (Wildman–Crippen LogP) is 2.76. The highest BCUT2D eigenvalue weighted by Gasteiger charge is 2.32. The number of anilines is 1. The molecule has 0 unspecified atom stereocenters. The summed E-state index contributed by atoms with van der Waals surface area (Å²) >= 11 is 6.70. The number of carbonyl (C=O) groups is 1. The molecule has 0 atom stereocenters. The highest BCUT2D eigenvalue weighted by molar-refractivity contribution is 8.26. The lowest BCUT2D eigenvalue weighted by Crippen LogP contribution is -2.45. The minimum absolute atomic E-state index is 0.124. The van der Waals surface area contributed by atoms with E-state index in [4.69, 9.17) is 17.2 Å². The number of amides is 1. The molecule has 2 saturated heterocycles. The maximum atomic E-state index is 13.5. The van der Waals surface area contributed by atoms with Crippen LogP contribution in [0.25, 0.3) is 11.7 Å². The number of likely N-dealkylation sites (N-methyl/N-ethyl adjacent to an activating group) is 1. The number of fused-ring (bicyclic) bond motifs is 1. The van der Waals surface area contributed by atoms with Crippen LogP contribution in [0, 0.1) is 6.92 Å². The SMILES string of the molecule is CCCCN1C(=O)/C(=C/c2c(N3CCN(C)CC3)nc3c(C)cccn3c2=O)SC1=S. The van der Waals surface area contributed by atoms with Gasteiger partial charge in [-0.25, -0.2) is 4.98 Å². The number of rotatable bonds is 5. The average Bonchev–Trinajstić information content (AvgIpc) is 3.02. The van der Waals surface area contributed by atoms with Gasteiger partial charge in [0.1, 0.15) is 15.8 Å². The smallest absolute Gasteiger partial charge is 0.267 e. The fourth-order valence-electron chi connectivity index (χ4n) is 3.83. The topological polar surface area (TPSA) is 61.2 Å². The Kier molecular flexibility index (Phi) is 6.45. The number of pyridine rings is 1. The van der Waals surface area contributed by atoms with Gasteiger partial charge in [-0.1, -0.05) is 43.4 Å². The Balaban J connectivity index is 1.83. The molecule has 4 rings (SSSR count). The van der Waals surface area contributed by atoms with Crippen LogP contribution in [-0.2, 0) is 4.79 Å². The Labute approximate surface area is 191 Å². The third-order valence-corrected chi connectivity index (χ3v) is 7.13. The maximum absolute atomic E-state index is 13.5. The van der Waals surface area contributed by atoms with Crippen LogP contribution in [0.2, 0.25) is 0 Å². The van der Waals surface area contributed by atoms with E-state index in [2.05, 4.69) is 23.8 Å². The van der Waals surface area contributed by atoms with Crippen molar-refractivity contribution in [1.82, 2.24) is 19.2 Å². The molecule has 2 aromatic heterocycles. The zero-order valence-electron chi connectivity index (χ0n) is 18.1. The number of piperazine rings is 1. The Hall–Kier alpha value is -2.23. The predicted molar refractivity (Wildman–Crippen MR) is 131 cm³/mol. The van der Waals surface area contributed by atoms with Gasteiger partial charge in [-0.15, -0.1) is 0 Å². The van der Waals surface area contributed by atoms with Gasteiger partial charge in [0, 0.05) is 38.9 Å². The van der Waals surface area contributed by atoms with Gasteiger partial charge in [-0.05, 0) is 38.1 Å². The third-order valence-electron chi connectivity index (χ3n) is 5.75. The van der Waals surface area contributed by atoms with E-state index in [1.54, 1.807) is 21.6 Å². The first-order valence-corrected chi connectivity index (χ1v) is 11.8. The van der Waals surface area contributed by atoms with Gasteiger partial charge < -0.3 is 9.80 Å². The van der Waals surface area contributed by atoms with Crippen LogP contribution in [0.15, 0.2) is 28.0 Å². The average molecular weight is 458 g/mol. The van der Waals surface area contributed by atoms with Crippen LogP contribution < -0.4 is 10.5 Å². The van der Waals surface area contributed by atoms with Crippen molar-refractivity contribution in [2.24, 2.45) is 0 Å². The summed E-state index contributed by atoms with van der Waals surface area (Å²) < 4.78 is 2.12. The molecular weight excluding hydrogens is 430 g/mol. The summed E-state index contributed by atoms with van der Waals surface area (Å²) in [4.78, 5) is 37.9. The van der Waals surface area contributed by atoms with Crippen LogP contribution in [-0.4, -0.2) is 69.2 Å². The summed E-state index contributed by atoms with van der Waals surface area (Å²) in [6.07, 6.45) is 5.31. The monoisotopic (exact) mass is 457 g/mol. The first-order chi connectivity index (χ1) is 14.9. The number of aryl methyl sites for hydroxylation is 1. The van der Waals surface area contributed by atoms with E-state index >= 15 is 0 Å². The molecule has 2 fully saturated rings. The lowest BCUT2D eigenvalue weighted by molar-refractivity contribution is -0.122. The van der Waals surface area contributed by atoms with Crippen LogP contribution in [0.3, 0.4) is 0 Å². The first kappa shape index (κ1) is 22.0. The zero-order valence-corrected chi connectivity index (χ0v) is 19.8. The second-order valence-corrected chi connectivity index (χ2v) is 9.69. The summed E-state index contributed by atoms with van der Waals surface area (Å²) in [5.74, 6) is 0.521. The number of aromatic nitrogens is 2. The summed E-state index contributed by atoms with van der Waals surface area (Å²) in [6.45, 7) is 8.00. The molecule has 0 bridgehead atoms. The maximum Gasteiger partial charge on any atom is 0.267 e. The van der Waals surface area contributed by atoms with E-state index in [9.17, 15) is 9.59 Å². The lowest BCUT2D eigenvalue weighted by atomic mass is 10.2. The number of carbonyl (C=O) groups excluding carboxylic acids is 1.